The summed E-state index contributed by atoms with van der Waals surface area (Å²) in [6, 6.07) is 6.00. The first-order chi connectivity index (χ1) is 7.95. The van der Waals surface area contributed by atoms with Gasteiger partial charge in [0.15, 0.2) is 11.5 Å². The fourth-order valence-electron chi connectivity index (χ4n) is 2.05. The number of hydrogen-bond donors (Lipinski definition) is 1. The second-order valence-corrected chi connectivity index (χ2v) is 3.82. The van der Waals surface area contributed by atoms with Gasteiger partial charge in [-0.3, -0.25) is 0 Å². The van der Waals surface area contributed by atoms with Crippen molar-refractivity contribution in [2.75, 3.05) is 13.1 Å². The highest BCUT2D eigenvalue weighted by molar-refractivity contribution is 5.74. The van der Waals surface area contributed by atoms with Gasteiger partial charge in [-0.25, -0.2) is 0 Å². The monoisotopic (exact) mass is 215 g/mol. The standard InChI is InChI=1S/C13H13NO2/c1-2-11(10-4-6-14-7-5-10)13-12(3-1)15-8-9-16-13/h1-4,8-9,14H,5-7H2. The maximum atomic E-state index is 5.54. The Morgan fingerprint density at radius 2 is 2.06 bits per heavy atom. The summed E-state index contributed by atoms with van der Waals surface area (Å²) in [5.74, 6) is 1.62. The van der Waals surface area contributed by atoms with E-state index in [-0.39, 0.29) is 0 Å². The number of rotatable bonds is 1. The zero-order valence-corrected chi connectivity index (χ0v) is 8.90. The summed E-state index contributed by atoms with van der Waals surface area (Å²) in [5.41, 5.74) is 2.47. The Balaban J connectivity index is 2.04. The third kappa shape index (κ3) is 1.59. The average molecular weight is 215 g/mol. The largest absolute Gasteiger partial charge is 0.458 e. The van der Waals surface area contributed by atoms with Crippen LogP contribution < -0.4 is 14.8 Å². The Morgan fingerprint density at radius 1 is 1.12 bits per heavy atom. The van der Waals surface area contributed by atoms with Crippen molar-refractivity contribution < 1.29 is 9.47 Å². The Bertz CT molecular complexity index is 463. The molecule has 0 spiro atoms. The molecule has 2 aliphatic rings. The number of benzene rings is 1. The molecule has 3 nitrogen and oxygen atoms in total. The third-order valence-corrected chi connectivity index (χ3v) is 2.83. The van der Waals surface area contributed by atoms with Gasteiger partial charge in [-0.2, -0.15) is 0 Å². The van der Waals surface area contributed by atoms with Crippen LogP contribution in [0.2, 0.25) is 0 Å². The van der Waals surface area contributed by atoms with E-state index in [1.54, 1.807) is 12.5 Å². The Labute approximate surface area is 94.4 Å². The fraction of sp³-hybridized carbons (Fsp3) is 0.231. The Morgan fingerprint density at radius 3 is 2.94 bits per heavy atom. The van der Waals surface area contributed by atoms with Gasteiger partial charge in [-0.1, -0.05) is 18.2 Å². The molecule has 0 atom stereocenters. The predicted octanol–water partition coefficient (Wildman–Crippen LogP) is 2.31. The zero-order valence-electron chi connectivity index (χ0n) is 8.90. The first-order valence-electron chi connectivity index (χ1n) is 5.46. The number of hydrogen-bond acceptors (Lipinski definition) is 3. The highest BCUT2D eigenvalue weighted by atomic mass is 16.5. The second kappa shape index (κ2) is 4.02. The van der Waals surface area contributed by atoms with Crippen molar-refractivity contribution in [3.05, 3.63) is 42.4 Å². The topological polar surface area (TPSA) is 30.5 Å². The van der Waals surface area contributed by atoms with Gasteiger partial charge >= 0.3 is 0 Å². The van der Waals surface area contributed by atoms with Gasteiger partial charge in [0.2, 0.25) is 0 Å². The van der Waals surface area contributed by atoms with E-state index in [1.165, 1.54) is 5.57 Å². The van der Waals surface area contributed by atoms with Gasteiger partial charge in [-0.05, 0) is 24.6 Å². The van der Waals surface area contributed by atoms with E-state index in [2.05, 4.69) is 17.5 Å². The molecule has 0 unspecified atom stereocenters. The summed E-state index contributed by atoms with van der Waals surface area (Å²) < 4.78 is 10.9. The van der Waals surface area contributed by atoms with Gasteiger partial charge in [0.1, 0.15) is 12.5 Å². The minimum Gasteiger partial charge on any atom is -0.458 e. The quantitative estimate of drug-likeness (QED) is 0.779. The van der Waals surface area contributed by atoms with Gasteiger partial charge < -0.3 is 14.8 Å². The molecule has 0 amide bonds. The van der Waals surface area contributed by atoms with Crippen LogP contribution in [0.4, 0.5) is 0 Å². The lowest BCUT2D eigenvalue weighted by Gasteiger charge is -2.20. The van der Waals surface area contributed by atoms with Crippen LogP contribution in [0, 0.1) is 0 Å². The van der Waals surface area contributed by atoms with E-state index < -0.39 is 0 Å². The van der Waals surface area contributed by atoms with E-state index in [0.29, 0.717) is 0 Å². The molecular weight excluding hydrogens is 202 g/mol. The third-order valence-electron chi connectivity index (χ3n) is 2.83. The number of ether oxygens (including phenoxy) is 2. The summed E-state index contributed by atoms with van der Waals surface area (Å²) in [4.78, 5) is 0. The first-order valence-corrected chi connectivity index (χ1v) is 5.46. The highest BCUT2D eigenvalue weighted by Gasteiger charge is 2.16. The summed E-state index contributed by atoms with van der Waals surface area (Å²) in [7, 11) is 0. The molecule has 1 N–H and O–H groups in total. The molecule has 0 bridgehead atoms. The molecule has 2 heterocycles. The van der Waals surface area contributed by atoms with Crippen LogP contribution in [0.25, 0.3) is 5.57 Å². The lowest BCUT2D eigenvalue weighted by atomic mass is 9.99. The molecule has 0 aromatic heterocycles. The van der Waals surface area contributed by atoms with Crippen molar-refractivity contribution >= 4 is 5.57 Å². The molecule has 1 aromatic carbocycles. The number of para-hydroxylation sites is 1. The minimum absolute atomic E-state index is 0.791. The first kappa shape index (κ1) is 9.48. The molecule has 3 rings (SSSR count). The lowest BCUT2D eigenvalue weighted by Crippen LogP contribution is -2.20. The van der Waals surface area contributed by atoms with Crippen LogP contribution in [0.1, 0.15) is 12.0 Å². The zero-order chi connectivity index (χ0) is 10.8. The Kier molecular flexibility index (Phi) is 2.38. The van der Waals surface area contributed by atoms with E-state index in [4.69, 9.17) is 9.47 Å². The van der Waals surface area contributed by atoms with Crippen LogP contribution in [0.3, 0.4) is 0 Å². The number of nitrogens with one attached hydrogen (secondary N) is 1. The van der Waals surface area contributed by atoms with Crippen LogP contribution in [0.15, 0.2) is 36.8 Å². The highest BCUT2D eigenvalue weighted by Crippen LogP contribution is 2.38. The van der Waals surface area contributed by atoms with Crippen molar-refractivity contribution in [2.45, 2.75) is 6.42 Å². The maximum absolute atomic E-state index is 5.54. The van der Waals surface area contributed by atoms with Gasteiger partial charge in [0.25, 0.3) is 0 Å². The van der Waals surface area contributed by atoms with Crippen LogP contribution in [-0.2, 0) is 0 Å². The van der Waals surface area contributed by atoms with Crippen molar-refractivity contribution in [1.82, 2.24) is 5.32 Å². The van der Waals surface area contributed by atoms with E-state index in [9.17, 15) is 0 Å². The molecule has 0 aliphatic carbocycles. The fourth-order valence-corrected chi connectivity index (χ4v) is 2.05. The summed E-state index contributed by atoms with van der Waals surface area (Å²) in [6.07, 6.45) is 6.38. The van der Waals surface area contributed by atoms with Crippen molar-refractivity contribution in [1.29, 1.82) is 0 Å². The maximum Gasteiger partial charge on any atom is 0.176 e. The average Bonchev–Trinajstić information content (AvgIpc) is 2.39. The lowest BCUT2D eigenvalue weighted by molar-refractivity contribution is 0.360. The molecule has 3 heteroatoms. The van der Waals surface area contributed by atoms with E-state index >= 15 is 0 Å². The van der Waals surface area contributed by atoms with Crippen LogP contribution in [-0.4, -0.2) is 13.1 Å². The summed E-state index contributed by atoms with van der Waals surface area (Å²) in [6.45, 7) is 1.95. The molecule has 82 valence electrons. The molecule has 0 saturated carbocycles. The number of fused-ring (bicyclic) bond motifs is 1. The SMILES string of the molecule is C1=COc2c(cccc2C2=CCNCC2)O1. The molecule has 0 radical (unpaired) electrons. The molecule has 0 saturated heterocycles. The van der Waals surface area contributed by atoms with E-state index in [0.717, 1.165) is 36.6 Å². The normalized spacial score (nSPS) is 18.1. The second-order valence-electron chi connectivity index (χ2n) is 3.82. The van der Waals surface area contributed by atoms with Gasteiger partial charge in [-0.15, -0.1) is 0 Å². The Hall–Kier alpha value is -1.74. The van der Waals surface area contributed by atoms with Crippen LogP contribution >= 0.6 is 0 Å². The smallest absolute Gasteiger partial charge is 0.176 e. The van der Waals surface area contributed by atoms with Crippen molar-refractivity contribution in [3.8, 4) is 11.5 Å². The van der Waals surface area contributed by atoms with Gasteiger partial charge in [0.05, 0.1) is 0 Å². The minimum atomic E-state index is 0.791. The summed E-state index contributed by atoms with van der Waals surface area (Å²) in [5, 5.41) is 3.30. The predicted molar refractivity (Wildman–Crippen MR) is 62.3 cm³/mol. The molecule has 0 fully saturated rings. The molecular formula is C13H13NO2. The van der Waals surface area contributed by atoms with Crippen molar-refractivity contribution in [3.63, 3.8) is 0 Å². The molecule has 2 aliphatic heterocycles. The van der Waals surface area contributed by atoms with E-state index in [1.807, 2.05) is 12.1 Å². The van der Waals surface area contributed by atoms with Crippen molar-refractivity contribution in [2.24, 2.45) is 0 Å². The van der Waals surface area contributed by atoms with Gasteiger partial charge in [0, 0.05) is 12.1 Å². The summed E-state index contributed by atoms with van der Waals surface area (Å²) >= 11 is 0. The van der Waals surface area contributed by atoms with Crippen LogP contribution in [0.5, 0.6) is 11.5 Å². The molecule has 16 heavy (non-hydrogen) atoms. The molecule has 1 aromatic rings.